The van der Waals surface area contributed by atoms with E-state index in [0.29, 0.717) is 6.04 Å². The number of fused-ring (bicyclic) bond motifs is 3. The fourth-order valence-electron chi connectivity index (χ4n) is 4.96. The van der Waals surface area contributed by atoms with Crippen LogP contribution >= 0.6 is 0 Å². The first-order valence-electron chi connectivity index (χ1n) is 10.5. The number of rotatable bonds is 4. The summed E-state index contributed by atoms with van der Waals surface area (Å²) in [6.07, 6.45) is 9.80. The third-order valence-electron chi connectivity index (χ3n) is 6.47. The lowest BCUT2D eigenvalue weighted by Crippen LogP contribution is -2.55. The van der Waals surface area contributed by atoms with Crippen molar-refractivity contribution in [2.45, 2.75) is 64.1 Å². The van der Waals surface area contributed by atoms with Crippen molar-refractivity contribution >= 4 is 17.3 Å². The van der Waals surface area contributed by atoms with Crippen molar-refractivity contribution in [1.82, 2.24) is 15.0 Å². The number of hydrogen-bond donors (Lipinski definition) is 0. The minimum absolute atomic E-state index is 0.227. The van der Waals surface area contributed by atoms with E-state index >= 15 is 0 Å². The van der Waals surface area contributed by atoms with E-state index in [2.05, 4.69) is 64.0 Å². The summed E-state index contributed by atoms with van der Waals surface area (Å²) in [6, 6.07) is 11.7. The van der Waals surface area contributed by atoms with Crippen molar-refractivity contribution in [1.29, 1.82) is 0 Å². The Kier molecular flexibility index (Phi) is 4.41. The number of hydrogen-bond acceptors (Lipinski definition) is 6. The maximum absolute atomic E-state index is 5.14. The van der Waals surface area contributed by atoms with E-state index in [1.807, 2.05) is 6.20 Å². The summed E-state index contributed by atoms with van der Waals surface area (Å²) < 4.78 is 0. The molecule has 0 radical (unpaired) electrons. The average Bonchev–Trinajstić information content (AvgIpc) is 3.43. The number of nitrogens with zero attached hydrogens (tertiary/aromatic N) is 6. The molecular weight excluding hydrogens is 348 g/mol. The lowest BCUT2D eigenvalue weighted by atomic mass is 10.0. The zero-order chi connectivity index (χ0) is 19.1. The fraction of sp³-hybridized carbons (Fsp3) is 0.500. The third-order valence-corrected chi connectivity index (χ3v) is 6.47. The largest absolute Gasteiger partial charge is 0.342 e. The second-order valence-electron chi connectivity index (χ2n) is 8.05. The fourth-order valence-corrected chi connectivity index (χ4v) is 4.96. The van der Waals surface area contributed by atoms with Gasteiger partial charge in [-0.25, -0.2) is 9.97 Å². The average molecular weight is 377 g/mol. The van der Waals surface area contributed by atoms with Gasteiger partial charge in [0, 0.05) is 6.04 Å². The maximum Gasteiger partial charge on any atom is 0.156 e. The van der Waals surface area contributed by atoms with Crippen LogP contribution in [0, 0.1) is 0 Å². The molecule has 5 rings (SSSR count). The minimum atomic E-state index is 0.227. The summed E-state index contributed by atoms with van der Waals surface area (Å²) in [6.45, 7) is 5.25. The van der Waals surface area contributed by atoms with Gasteiger partial charge in [-0.1, -0.05) is 50.1 Å². The second-order valence-corrected chi connectivity index (χ2v) is 8.05. The molecule has 2 aromatic rings. The number of benzene rings is 1. The molecule has 6 heteroatoms. The first-order valence-corrected chi connectivity index (χ1v) is 10.5. The molecule has 1 saturated carbocycles. The molecular formula is C22H28N6. The van der Waals surface area contributed by atoms with Crippen LogP contribution in [-0.4, -0.2) is 39.6 Å². The molecule has 0 spiro atoms. The highest BCUT2D eigenvalue weighted by atomic mass is 15.6. The van der Waals surface area contributed by atoms with E-state index in [4.69, 9.17) is 10.1 Å². The lowest BCUT2D eigenvalue weighted by molar-refractivity contribution is 0.245. The number of aromatic nitrogens is 2. The molecule has 2 unspecified atom stereocenters. The second kappa shape index (κ2) is 7.08. The number of anilines is 2. The summed E-state index contributed by atoms with van der Waals surface area (Å²) in [5.41, 5.74) is 2.39. The molecule has 0 N–H and O–H groups in total. The van der Waals surface area contributed by atoms with Crippen molar-refractivity contribution in [2.24, 2.45) is 5.10 Å². The van der Waals surface area contributed by atoms with Crippen LogP contribution in [0.15, 0.2) is 48.0 Å². The summed E-state index contributed by atoms with van der Waals surface area (Å²) in [5, 5.41) is 7.35. The predicted molar refractivity (Wildman–Crippen MR) is 112 cm³/mol. The molecule has 0 amide bonds. The van der Waals surface area contributed by atoms with Gasteiger partial charge < -0.3 is 9.80 Å². The summed E-state index contributed by atoms with van der Waals surface area (Å²) in [5.74, 6) is 2.24. The molecule has 0 saturated heterocycles. The molecule has 6 nitrogen and oxygen atoms in total. The molecule has 1 fully saturated rings. The molecule has 28 heavy (non-hydrogen) atoms. The highest BCUT2D eigenvalue weighted by molar-refractivity contribution is 6.08. The van der Waals surface area contributed by atoms with Crippen molar-refractivity contribution in [3.63, 3.8) is 0 Å². The Balaban J connectivity index is 1.54. The predicted octanol–water partition coefficient (Wildman–Crippen LogP) is 4.17. The molecule has 0 bridgehead atoms. The van der Waals surface area contributed by atoms with E-state index in [1.165, 1.54) is 31.2 Å². The monoisotopic (exact) mass is 376 g/mol. The molecule has 2 atom stereocenters. The van der Waals surface area contributed by atoms with Gasteiger partial charge in [0.05, 0.1) is 18.3 Å². The van der Waals surface area contributed by atoms with Gasteiger partial charge in [-0.2, -0.15) is 5.10 Å². The van der Waals surface area contributed by atoms with Crippen molar-refractivity contribution in [3.8, 4) is 0 Å². The molecule has 3 heterocycles. The van der Waals surface area contributed by atoms with Gasteiger partial charge in [-0.3, -0.25) is 5.01 Å². The van der Waals surface area contributed by atoms with Crippen molar-refractivity contribution in [3.05, 3.63) is 48.4 Å². The molecule has 3 aliphatic rings. The van der Waals surface area contributed by atoms with Gasteiger partial charge >= 0.3 is 0 Å². The van der Waals surface area contributed by atoms with Gasteiger partial charge in [0.1, 0.15) is 18.7 Å². The van der Waals surface area contributed by atoms with Crippen LogP contribution in [-0.2, 0) is 0 Å². The smallest absolute Gasteiger partial charge is 0.156 e. The van der Waals surface area contributed by atoms with Gasteiger partial charge in [-0.05, 0) is 31.7 Å². The van der Waals surface area contributed by atoms with Gasteiger partial charge in [0.2, 0.25) is 0 Å². The van der Waals surface area contributed by atoms with Crippen molar-refractivity contribution < 1.29 is 0 Å². The molecule has 1 aliphatic carbocycles. The first-order chi connectivity index (χ1) is 13.8. The molecule has 1 aromatic heterocycles. The summed E-state index contributed by atoms with van der Waals surface area (Å²) in [4.78, 5) is 14.0. The van der Waals surface area contributed by atoms with Crippen LogP contribution in [0.1, 0.15) is 57.6 Å². The highest BCUT2D eigenvalue weighted by Crippen LogP contribution is 2.42. The van der Waals surface area contributed by atoms with Crippen molar-refractivity contribution in [2.75, 3.05) is 16.5 Å². The Morgan fingerprint density at radius 2 is 1.93 bits per heavy atom. The lowest BCUT2D eigenvalue weighted by Gasteiger charge is -2.44. The zero-order valence-corrected chi connectivity index (χ0v) is 16.7. The van der Waals surface area contributed by atoms with Crippen LogP contribution in [0.3, 0.4) is 0 Å². The van der Waals surface area contributed by atoms with Crippen LogP contribution in [0.5, 0.6) is 0 Å². The first kappa shape index (κ1) is 17.5. The van der Waals surface area contributed by atoms with E-state index in [9.17, 15) is 0 Å². The number of hydrazone groups is 1. The van der Waals surface area contributed by atoms with Crippen LogP contribution in [0.25, 0.3) is 0 Å². The summed E-state index contributed by atoms with van der Waals surface area (Å²) in [7, 11) is 0. The van der Waals surface area contributed by atoms with Crippen LogP contribution < -0.4 is 9.80 Å². The standard InChI is InChI=1S/C22H28N6/c1-3-19-22-25-27(16(2)17-9-5-4-6-10-17)15-26(22)20-13-23-14-24-21(20)28(19)18-11-7-8-12-18/h4-6,9-10,13-14,16,18-19H,3,7-8,11-12,15H2,1-2H3. The van der Waals surface area contributed by atoms with E-state index < -0.39 is 0 Å². The molecule has 146 valence electrons. The minimum Gasteiger partial charge on any atom is -0.342 e. The van der Waals surface area contributed by atoms with E-state index in [-0.39, 0.29) is 12.1 Å². The Hall–Kier alpha value is -2.63. The van der Waals surface area contributed by atoms with Crippen LogP contribution in [0.4, 0.5) is 11.5 Å². The zero-order valence-electron chi connectivity index (χ0n) is 16.7. The van der Waals surface area contributed by atoms with Gasteiger partial charge in [-0.15, -0.1) is 0 Å². The van der Waals surface area contributed by atoms with Gasteiger partial charge in [0.25, 0.3) is 0 Å². The quantitative estimate of drug-likeness (QED) is 0.801. The Labute approximate surface area is 166 Å². The normalized spacial score (nSPS) is 22.9. The summed E-state index contributed by atoms with van der Waals surface area (Å²) >= 11 is 0. The van der Waals surface area contributed by atoms with E-state index in [1.54, 1.807) is 6.33 Å². The molecule has 2 aliphatic heterocycles. The van der Waals surface area contributed by atoms with E-state index in [0.717, 1.165) is 30.4 Å². The Morgan fingerprint density at radius 3 is 2.68 bits per heavy atom. The van der Waals surface area contributed by atoms with Crippen LogP contribution in [0.2, 0.25) is 0 Å². The Morgan fingerprint density at radius 1 is 1.14 bits per heavy atom. The SMILES string of the molecule is CCC1C2=NN(C(C)c3ccccc3)CN2c2cncnc2N1C1CCCC1. The topological polar surface area (TPSA) is 47.9 Å². The maximum atomic E-state index is 5.14. The highest BCUT2D eigenvalue weighted by Gasteiger charge is 2.44. The Bertz CT molecular complexity index is 860. The number of amidine groups is 1. The third kappa shape index (κ3) is 2.74. The molecule has 1 aromatic carbocycles. The van der Waals surface area contributed by atoms with Gasteiger partial charge in [0.15, 0.2) is 11.7 Å².